The maximum absolute atomic E-state index is 12.4. The fraction of sp³-hybridized carbons (Fsp3) is 0.263. The van der Waals surface area contributed by atoms with Crippen LogP contribution in [0.25, 0.3) is 0 Å². The highest BCUT2D eigenvalue weighted by molar-refractivity contribution is 5.99. The Labute approximate surface area is 151 Å². The number of rotatable bonds is 7. The topological polar surface area (TPSA) is 98.5 Å². The second kappa shape index (κ2) is 8.75. The van der Waals surface area contributed by atoms with Crippen LogP contribution in [0.3, 0.4) is 0 Å². The number of carbonyl (C=O) groups is 2. The molecule has 0 bridgehead atoms. The summed E-state index contributed by atoms with van der Waals surface area (Å²) >= 11 is 0. The van der Waals surface area contributed by atoms with E-state index >= 15 is 0 Å². The van der Waals surface area contributed by atoms with Gasteiger partial charge in [-0.25, -0.2) is 4.79 Å². The van der Waals surface area contributed by atoms with Gasteiger partial charge in [-0.3, -0.25) is 14.9 Å². The molecule has 0 spiro atoms. The molecule has 7 heteroatoms. The van der Waals surface area contributed by atoms with Gasteiger partial charge in [0.25, 0.3) is 11.6 Å². The SMILES string of the molecule is COC(=O)c1cc(C(=O)N[C@H](C)CCc2ccccc2)cc([N+](=O)[O-])c1. The number of nitrogens with one attached hydrogen (secondary N) is 1. The number of nitro groups is 1. The number of methoxy groups -OCH3 is 1. The van der Waals surface area contributed by atoms with Crippen molar-refractivity contribution in [1.29, 1.82) is 0 Å². The lowest BCUT2D eigenvalue weighted by Crippen LogP contribution is -2.33. The molecule has 0 aromatic heterocycles. The van der Waals surface area contributed by atoms with Crippen LogP contribution >= 0.6 is 0 Å². The lowest BCUT2D eigenvalue weighted by atomic mass is 10.0. The predicted octanol–water partition coefficient (Wildman–Crippen LogP) is 3.13. The molecule has 0 aliphatic rings. The number of esters is 1. The number of non-ortho nitro benzene ring substituents is 1. The Balaban J connectivity index is 2.08. The minimum Gasteiger partial charge on any atom is -0.465 e. The van der Waals surface area contributed by atoms with Crippen LogP contribution in [0.15, 0.2) is 48.5 Å². The van der Waals surface area contributed by atoms with Gasteiger partial charge in [-0.2, -0.15) is 0 Å². The summed E-state index contributed by atoms with van der Waals surface area (Å²) in [4.78, 5) is 34.5. The van der Waals surface area contributed by atoms with E-state index in [-0.39, 0.29) is 22.9 Å². The van der Waals surface area contributed by atoms with Crippen LogP contribution in [0.5, 0.6) is 0 Å². The molecule has 2 rings (SSSR count). The van der Waals surface area contributed by atoms with E-state index in [1.807, 2.05) is 37.3 Å². The molecule has 7 nitrogen and oxygen atoms in total. The molecule has 0 unspecified atom stereocenters. The number of amides is 1. The lowest BCUT2D eigenvalue weighted by molar-refractivity contribution is -0.384. The number of benzene rings is 2. The average molecular weight is 356 g/mol. The standard InChI is InChI=1S/C19H20N2O5/c1-13(8-9-14-6-4-3-5-7-14)20-18(22)15-10-16(19(23)26-2)12-17(11-15)21(24)25/h3-7,10-13H,8-9H2,1-2H3,(H,20,22)/t13-/m1/s1. The summed E-state index contributed by atoms with van der Waals surface area (Å²) in [5.74, 6) is -1.21. The van der Waals surface area contributed by atoms with Gasteiger partial charge in [0.2, 0.25) is 0 Å². The Morgan fingerprint density at radius 2 is 1.81 bits per heavy atom. The second-order valence-corrected chi connectivity index (χ2v) is 5.92. The summed E-state index contributed by atoms with van der Waals surface area (Å²) in [7, 11) is 1.17. The summed E-state index contributed by atoms with van der Waals surface area (Å²) in [6.07, 6.45) is 1.51. The quantitative estimate of drug-likeness (QED) is 0.467. The fourth-order valence-corrected chi connectivity index (χ4v) is 2.49. The average Bonchev–Trinajstić information content (AvgIpc) is 2.66. The van der Waals surface area contributed by atoms with Crippen LogP contribution in [-0.2, 0) is 11.2 Å². The third kappa shape index (κ3) is 5.14. The highest BCUT2D eigenvalue weighted by Crippen LogP contribution is 2.18. The zero-order valence-electron chi connectivity index (χ0n) is 14.6. The zero-order valence-corrected chi connectivity index (χ0v) is 14.6. The molecule has 26 heavy (non-hydrogen) atoms. The van der Waals surface area contributed by atoms with E-state index in [0.717, 1.165) is 24.1 Å². The minimum atomic E-state index is -0.736. The van der Waals surface area contributed by atoms with E-state index in [9.17, 15) is 19.7 Å². The molecular weight excluding hydrogens is 336 g/mol. The van der Waals surface area contributed by atoms with Gasteiger partial charge in [0.1, 0.15) is 0 Å². The lowest BCUT2D eigenvalue weighted by Gasteiger charge is -2.14. The number of nitro benzene ring substituents is 1. The van der Waals surface area contributed by atoms with Crippen molar-refractivity contribution in [3.05, 3.63) is 75.3 Å². The predicted molar refractivity (Wildman–Crippen MR) is 96.1 cm³/mol. The van der Waals surface area contributed by atoms with E-state index < -0.39 is 16.8 Å². The number of hydrogen-bond acceptors (Lipinski definition) is 5. The number of ether oxygens (including phenoxy) is 1. The molecule has 0 aliphatic carbocycles. The van der Waals surface area contributed by atoms with Gasteiger partial charge in [0.05, 0.1) is 17.6 Å². The molecule has 1 N–H and O–H groups in total. The Hall–Kier alpha value is -3.22. The molecule has 2 aromatic carbocycles. The smallest absolute Gasteiger partial charge is 0.338 e. The Kier molecular flexibility index (Phi) is 6.43. The van der Waals surface area contributed by atoms with Crippen molar-refractivity contribution in [2.75, 3.05) is 7.11 Å². The molecule has 1 atom stereocenters. The molecule has 0 heterocycles. The fourth-order valence-electron chi connectivity index (χ4n) is 2.49. The van der Waals surface area contributed by atoms with E-state index in [2.05, 4.69) is 10.1 Å². The summed E-state index contributed by atoms with van der Waals surface area (Å²) in [6, 6.07) is 13.3. The van der Waals surface area contributed by atoms with E-state index in [4.69, 9.17) is 0 Å². The molecule has 0 saturated heterocycles. The minimum absolute atomic E-state index is 0.0382. The Morgan fingerprint density at radius 3 is 2.42 bits per heavy atom. The van der Waals surface area contributed by atoms with Crippen molar-refractivity contribution in [2.24, 2.45) is 0 Å². The van der Waals surface area contributed by atoms with Gasteiger partial charge >= 0.3 is 5.97 Å². The van der Waals surface area contributed by atoms with E-state index in [1.165, 1.54) is 13.2 Å². The van der Waals surface area contributed by atoms with Crippen molar-refractivity contribution in [3.8, 4) is 0 Å². The molecule has 136 valence electrons. The molecule has 0 aliphatic heterocycles. The van der Waals surface area contributed by atoms with Crippen molar-refractivity contribution in [3.63, 3.8) is 0 Å². The zero-order chi connectivity index (χ0) is 19.1. The van der Waals surface area contributed by atoms with Gasteiger partial charge in [0.15, 0.2) is 0 Å². The van der Waals surface area contributed by atoms with Gasteiger partial charge < -0.3 is 10.1 Å². The molecule has 0 saturated carbocycles. The molecule has 2 aromatic rings. The van der Waals surface area contributed by atoms with Crippen LogP contribution in [0, 0.1) is 10.1 Å². The molecule has 1 amide bonds. The second-order valence-electron chi connectivity index (χ2n) is 5.92. The van der Waals surface area contributed by atoms with Crippen molar-refractivity contribution >= 4 is 17.6 Å². The number of hydrogen-bond donors (Lipinski definition) is 1. The molecular formula is C19H20N2O5. The summed E-state index contributed by atoms with van der Waals surface area (Å²) in [6.45, 7) is 1.86. The highest BCUT2D eigenvalue weighted by atomic mass is 16.6. The Bertz CT molecular complexity index is 805. The maximum Gasteiger partial charge on any atom is 0.338 e. The van der Waals surface area contributed by atoms with Crippen molar-refractivity contribution < 1.29 is 19.2 Å². The van der Waals surface area contributed by atoms with Crippen LogP contribution in [0.4, 0.5) is 5.69 Å². The van der Waals surface area contributed by atoms with Crippen molar-refractivity contribution in [2.45, 2.75) is 25.8 Å². The van der Waals surface area contributed by atoms with E-state index in [0.29, 0.717) is 6.42 Å². The number of aryl methyl sites for hydroxylation is 1. The third-order valence-corrected chi connectivity index (χ3v) is 3.90. The first-order valence-corrected chi connectivity index (χ1v) is 8.13. The Morgan fingerprint density at radius 1 is 1.15 bits per heavy atom. The van der Waals surface area contributed by atoms with Crippen LogP contribution in [0.2, 0.25) is 0 Å². The van der Waals surface area contributed by atoms with Gasteiger partial charge in [-0.1, -0.05) is 30.3 Å². The van der Waals surface area contributed by atoms with Gasteiger partial charge in [-0.15, -0.1) is 0 Å². The summed E-state index contributed by atoms with van der Waals surface area (Å²) in [5.41, 5.74) is 0.835. The summed E-state index contributed by atoms with van der Waals surface area (Å²) < 4.78 is 4.58. The van der Waals surface area contributed by atoms with Crippen LogP contribution in [-0.4, -0.2) is 30.0 Å². The van der Waals surface area contributed by atoms with E-state index in [1.54, 1.807) is 0 Å². The number of carbonyl (C=O) groups excluding carboxylic acids is 2. The monoisotopic (exact) mass is 356 g/mol. The first-order valence-electron chi connectivity index (χ1n) is 8.13. The first-order chi connectivity index (χ1) is 12.4. The van der Waals surface area contributed by atoms with Crippen molar-refractivity contribution in [1.82, 2.24) is 5.32 Å². The summed E-state index contributed by atoms with van der Waals surface area (Å²) in [5, 5.41) is 13.8. The first kappa shape index (κ1) is 19.1. The van der Waals surface area contributed by atoms with Gasteiger partial charge in [0, 0.05) is 23.7 Å². The largest absolute Gasteiger partial charge is 0.465 e. The normalized spacial score (nSPS) is 11.5. The molecule has 0 radical (unpaired) electrons. The maximum atomic E-state index is 12.4. The number of nitrogens with zero attached hydrogens (tertiary/aromatic N) is 1. The van der Waals surface area contributed by atoms with Crippen LogP contribution < -0.4 is 5.32 Å². The highest BCUT2D eigenvalue weighted by Gasteiger charge is 2.19. The third-order valence-electron chi connectivity index (χ3n) is 3.90. The molecule has 0 fully saturated rings. The van der Waals surface area contributed by atoms with Crippen LogP contribution in [0.1, 0.15) is 39.6 Å². The van der Waals surface area contributed by atoms with Gasteiger partial charge in [-0.05, 0) is 31.4 Å².